The zero-order chi connectivity index (χ0) is 20.3. The van der Waals surface area contributed by atoms with E-state index in [-0.39, 0.29) is 17.5 Å². The summed E-state index contributed by atoms with van der Waals surface area (Å²) in [5.41, 5.74) is 2.49. The van der Waals surface area contributed by atoms with Crippen LogP contribution in [-0.2, 0) is 4.79 Å². The molecule has 6 heteroatoms. The average Bonchev–Trinajstić information content (AvgIpc) is 2.69. The van der Waals surface area contributed by atoms with Crippen LogP contribution in [0.5, 0.6) is 0 Å². The van der Waals surface area contributed by atoms with E-state index in [0.29, 0.717) is 16.1 Å². The molecule has 0 saturated heterocycles. The van der Waals surface area contributed by atoms with Crippen LogP contribution in [0.25, 0.3) is 10.9 Å². The van der Waals surface area contributed by atoms with Gasteiger partial charge in [-0.25, -0.2) is 4.98 Å². The fourth-order valence-corrected chi connectivity index (χ4v) is 3.88. The molecule has 1 heterocycles. The molecule has 1 aromatic heterocycles. The number of nitrogens with one attached hydrogen (secondary N) is 1. The molecular formula is C22H25N3O2S. The molecule has 5 nitrogen and oxygen atoms in total. The highest BCUT2D eigenvalue weighted by atomic mass is 32.2. The van der Waals surface area contributed by atoms with Gasteiger partial charge in [0, 0.05) is 11.7 Å². The van der Waals surface area contributed by atoms with Crippen molar-refractivity contribution >= 4 is 34.3 Å². The van der Waals surface area contributed by atoms with Gasteiger partial charge in [-0.15, -0.1) is 0 Å². The Balaban J connectivity index is 1.90. The molecule has 3 aromatic rings. The first kappa shape index (κ1) is 20.1. The SMILES string of the molecule is CC[C@H](C)n1c(S[C@H](C)C(=O)Nc2ccc(C)cc2)nc2ccccc2c1=O. The second-order valence-corrected chi connectivity index (χ2v) is 8.27. The smallest absolute Gasteiger partial charge is 0.262 e. The lowest BCUT2D eigenvalue weighted by molar-refractivity contribution is -0.115. The summed E-state index contributed by atoms with van der Waals surface area (Å²) in [5.74, 6) is -0.119. The van der Waals surface area contributed by atoms with Crippen LogP contribution in [-0.4, -0.2) is 20.7 Å². The van der Waals surface area contributed by atoms with Crippen molar-refractivity contribution in [2.24, 2.45) is 0 Å². The second kappa shape index (κ2) is 8.61. The summed E-state index contributed by atoms with van der Waals surface area (Å²) in [6.45, 7) is 7.87. The number of thioether (sulfide) groups is 1. The van der Waals surface area contributed by atoms with Gasteiger partial charge in [0.2, 0.25) is 5.91 Å². The third-order valence-corrected chi connectivity index (χ3v) is 5.84. The van der Waals surface area contributed by atoms with Crippen molar-refractivity contribution in [3.05, 3.63) is 64.4 Å². The van der Waals surface area contributed by atoms with Crippen LogP contribution >= 0.6 is 11.8 Å². The summed E-state index contributed by atoms with van der Waals surface area (Å²) in [6.07, 6.45) is 0.803. The molecule has 0 spiro atoms. The number of aryl methyl sites for hydroxylation is 1. The first-order valence-electron chi connectivity index (χ1n) is 9.46. The zero-order valence-electron chi connectivity index (χ0n) is 16.6. The maximum Gasteiger partial charge on any atom is 0.262 e. The number of carbonyl (C=O) groups is 1. The van der Waals surface area contributed by atoms with Crippen molar-refractivity contribution in [1.29, 1.82) is 0 Å². The van der Waals surface area contributed by atoms with E-state index in [1.54, 1.807) is 10.6 Å². The molecule has 0 aliphatic rings. The molecule has 1 amide bonds. The lowest BCUT2D eigenvalue weighted by Crippen LogP contribution is -2.28. The molecule has 3 rings (SSSR count). The first-order valence-corrected chi connectivity index (χ1v) is 10.3. The Morgan fingerprint density at radius 1 is 1.14 bits per heavy atom. The minimum atomic E-state index is -0.398. The number of amides is 1. The van der Waals surface area contributed by atoms with Gasteiger partial charge in [-0.1, -0.05) is 48.5 Å². The van der Waals surface area contributed by atoms with Gasteiger partial charge >= 0.3 is 0 Å². The molecule has 2 atom stereocenters. The Morgan fingerprint density at radius 2 is 1.82 bits per heavy atom. The highest BCUT2D eigenvalue weighted by Crippen LogP contribution is 2.26. The summed E-state index contributed by atoms with van der Waals surface area (Å²) < 4.78 is 1.71. The minimum absolute atomic E-state index is 0.000495. The first-order chi connectivity index (χ1) is 13.4. The highest BCUT2D eigenvalue weighted by molar-refractivity contribution is 8.00. The van der Waals surface area contributed by atoms with E-state index in [2.05, 4.69) is 5.32 Å². The zero-order valence-corrected chi connectivity index (χ0v) is 17.4. The lowest BCUT2D eigenvalue weighted by Gasteiger charge is -2.20. The quantitative estimate of drug-likeness (QED) is 0.481. The van der Waals surface area contributed by atoms with E-state index in [0.717, 1.165) is 17.7 Å². The van der Waals surface area contributed by atoms with Gasteiger partial charge in [0.25, 0.3) is 5.56 Å². The maximum atomic E-state index is 13.0. The fourth-order valence-electron chi connectivity index (χ4n) is 2.87. The predicted molar refractivity (Wildman–Crippen MR) is 116 cm³/mol. The fraction of sp³-hybridized carbons (Fsp3) is 0.318. The van der Waals surface area contributed by atoms with Crippen LogP contribution in [0.3, 0.4) is 0 Å². The third-order valence-electron chi connectivity index (χ3n) is 4.78. The van der Waals surface area contributed by atoms with Crippen LogP contribution in [0.15, 0.2) is 58.5 Å². The summed E-state index contributed by atoms with van der Waals surface area (Å²) in [4.78, 5) is 30.4. The largest absolute Gasteiger partial charge is 0.325 e. The molecule has 0 aliphatic carbocycles. The highest BCUT2D eigenvalue weighted by Gasteiger charge is 2.21. The van der Waals surface area contributed by atoms with Crippen LogP contribution in [0, 0.1) is 6.92 Å². The number of carbonyl (C=O) groups excluding carboxylic acids is 1. The summed E-state index contributed by atoms with van der Waals surface area (Å²) >= 11 is 1.31. The number of anilines is 1. The number of fused-ring (bicyclic) bond motifs is 1. The molecule has 2 aromatic carbocycles. The Hall–Kier alpha value is -2.60. The van der Waals surface area contributed by atoms with Crippen molar-refractivity contribution < 1.29 is 4.79 Å². The van der Waals surface area contributed by atoms with Crippen molar-refractivity contribution in [3.63, 3.8) is 0 Å². The van der Waals surface area contributed by atoms with Gasteiger partial charge in [0.05, 0.1) is 16.2 Å². The molecule has 146 valence electrons. The number of hydrogen-bond donors (Lipinski definition) is 1. The number of para-hydroxylation sites is 1. The van der Waals surface area contributed by atoms with Gasteiger partial charge < -0.3 is 5.32 Å². The van der Waals surface area contributed by atoms with Crippen LogP contribution in [0.4, 0.5) is 5.69 Å². The summed E-state index contributed by atoms with van der Waals surface area (Å²) in [5, 5.41) is 3.70. The third kappa shape index (κ3) is 4.28. The van der Waals surface area contributed by atoms with E-state index in [1.807, 2.05) is 70.2 Å². The van der Waals surface area contributed by atoms with Crippen molar-refractivity contribution in [3.8, 4) is 0 Å². The predicted octanol–water partition coefficient (Wildman–Crippen LogP) is 4.80. The molecule has 1 N–H and O–H groups in total. The van der Waals surface area contributed by atoms with Crippen molar-refractivity contribution in [2.45, 2.75) is 50.6 Å². The number of nitrogens with zero attached hydrogens (tertiary/aromatic N) is 2. The van der Waals surface area contributed by atoms with Crippen LogP contribution < -0.4 is 10.9 Å². The molecule has 0 saturated carbocycles. The normalized spacial score (nSPS) is 13.3. The standard InChI is InChI=1S/C22H25N3O2S/c1-5-15(3)25-21(27)18-8-6-7-9-19(18)24-22(25)28-16(4)20(26)23-17-12-10-14(2)11-13-17/h6-13,15-16H,5H2,1-4H3,(H,23,26)/t15-,16+/m0/s1. The van der Waals surface area contributed by atoms with E-state index < -0.39 is 5.25 Å². The molecule has 28 heavy (non-hydrogen) atoms. The summed E-state index contributed by atoms with van der Waals surface area (Å²) in [7, 11) is 0. The molecule has 0 radical (unpaired) electrons. The summed E-state index contributed by atoms with van der Waals surface area (Å²) in [6, 6.07) is 15.0. The van der Waals surface area contributed by atoms with E-state index in [9.17, 15) is 9.59 Å². The number of benzene rings is 2. The topological polar surface area (TPSA) is 64.0 Å². The average molecular weight is 396 g/mol. The van der Waals surface area contributed by atoms with Crippen LogP contribution in [0.1, 0.15) is 38.8 Å². The number of hydrogen-bond acceptors (Lipinski definition) is 4. The van der Waals surface area contributed by atoms with Gasteiger partial charge in [-0.2, -0.15) is 0 Å². The molecule has 0 unspecified atom stereocenters. The van der Waals surface area contributed by atoms with E-state index in [4.69, 9.17) is 4.98 Å². The van der Waals surface area contributed by atoms with Crippen molar-refractivity contribution in [1.82, 2.24) is 9.55 Å². The van der Waals surface area contributed by atoms with Gasteiger partial charge in [-0.3, -0.25) is 14.2 Å². The van der Waals surface area contributed by atoms with Gasteiger partial charge in [-0.05, 0) is 51.5 Å². The lowest BCUT2D eigenvalue weighted by atomic mass is 10.2. The molecular weight excluding hydrogens is 370 g/mol. The Kier molecular flexibility index (Phi) is 6.19. The van der Waals surface area contributed by atoms with Gasteiger partial charge in [0.15, 0.2) is 5.16 Å². The van der Waals surface area contributed by atoms with Gasteiger partial charge in [0.1, 0.15) is 0 Å². The minimum Gasteiger partial charge on any atom is -0.325 e. The number of aromatic nitrogens is 2. The Morgan fingerprint density at radius 3 is 2.50 bits per heavy atom. The van der Waals surface area contributed by atoms with E-state index >= 15 is 0 Å². The second-order valence-electron chi connectivity index (χ2n) is 6.96. The van der Waals surface area contributed by atoms with Crippen molar-refractivity contribution in [2.75, 3.05) is 5.32 Å². The molecule has 0 aliphatic heterocycles. The molecule has 0 fully saturated rings. The Bertz CT molecular complexity index is 1040. The monoisotopic (exact) mass is 395 g/mol. The number of rotatable bonds is 6. The maximum absolute atomic E-state index is 13.0. The van der Waals surface area contributed by atoms with Crippen LogP contribution in [0.2, 0.25) is 0 Å². The Labute approximate surface area is 169 Å². The molecule has 0 bridgehead atoms. The van der Waals surface area contributed by atoms with E-state index in [1.165, 1.54) is 11.8 Å².